The third-order valence-electron chi connectivity index (χ3n) is 2.56. The van der Waals surface area contributed by atoms with Crippen molar-refractivity contribution >= 4 is 0 Å². The van der Waals surface area contributed by atoms with Gasteiger partial charge in [-0.1, -0.05) is 39.0 Å². The van der Waals surface area contributed by atoms with Crippen LogP contribution in [0.2, 0.25) is 0 Å². The minimum absolute atomic E-state index is 0.0939. The van der Waals surface area contributed by atoms with E-state index in [0.717, 1.165) is 12.8 Å². The lowest BCUT2D eigenvalue weighted by Gasteiger charge is -2.15. The van der Waals surface area contributed by atoms with Gasteiger partial charge in [0.05, 0.1) is 13.2 Å². The van der Waals surface area contributed by atoms with Gasteiger partial charge in [-0.15, -0.1) is 0 Å². The highest BCUT2D eigenvalue weighted by Crippen LogP contribution is 2.05. The Hall–Kier alpha value is -0.160. The summed E-state index contributed by atoms with van der Waals surface area (Å²) in [4.78, 5) is 0. The maximum absolute atomic E-state index is 9.26. The molecule has 0 unspecified atom stereocenters. The van der Waals surface area contributed by atoms with E-state index in [1.54, 1.807) is 0 Å². The lowest BCUT2D eigenvalue weighted by molar-refractivity contribution is -0.0571. The Morgan fingerprint density at radius 3 is 2.19 bits per heavy atom. The van der Waals surface area contributed by atoms with Crippen molar-refractivity contribution in [1.82, 2.24) is 0 Å². The Bertz CT molecular complexity index is 141. The quantitative estimate of drug-likeness (QED) is 0.468. The minimum atomic E-state index is -1.09. The van der Waals surface area contributed by atoms with Crippen LogP contribution in [0.25, 0.3) is 0 Å². The fraction of sp³-hybridized carbons (Fsp3) is 1.00. The average molecular weight is 234 g/mol. The number of hydrogen-bond donors (Lipinski definition) is 3. The van der Waals surface area contributed by atoms with Crippen LogP contribution >= 0.6 is 0 Å². The van der Waals surface area contributed by atoms with Crippen LogP contribution in [0.4, 0.5) is 0 Å². The van der Waals surface area contributed by atoms with E-state index in [2.05, 4.69) is 6.92 Å². The van der Waals surface area contributed by atoms with Crippen LogP contribution in [0.15, 0.2) is 0 Å². The van der Waals surface area contributed by atoms with Gasteiger partial charge >= 0.3 is 0 Å². The van der Waals surface area contributed by atoms with Gasteiger partial charge in [-0.25, -0.2) is 0 Å². The third kappa shape index (κ3) is 9.09. The summed E-state index contributed by atoms with van der Waals surface area (Å²) in [5.74, 6) is 0. The second-order valence-electron chi connectivity index (χ2n) is 4.16. The molecule has 0 bridgehead atoms. The number of aliphatic hydroxyl groups excluding tert-OH is 3. The molecule has 0 aromatic carbocycles. The fourth-order valence-corrected chi connectivity index (χ4v) is 1.42. The van der Waals surface area contributed by atoms with Gasteiger partial charge in [-0.05, 0) is 6.42 Å². The van der Waals surface area contributed by atoms with Gasteiger partial charge < -0.3 is 20.1 Å². The number of ether oxygens (including phenoxy) is 1. The number of hydrogen-bond acceptors (Lipinski definition) is 4. The molecule has 3 N–H and O–H groups in total. The summed E-state index contributed by atoms with van der Waals surface area (Å²) in [6.45, 7) is 2.47. The second-order valence-corrected chi connectivity index (χ2v) is 4.16. The molecule has 0 saturated heterocycles. The Kier molecular flexibility index (Phi) is 11.2. The highest BCUT2D eigenvalue weighted by atomic mass is 16.5. The van der Waals surface area contributed by atoms with Crippen LogP contribution < -0.4 is 0 Å². The zero-order valence-corrected chi connectivity index (χ0v) is 10.3. The van der Waals surface area contributed by atoms with Crippen molar-refractivity contribution in [3.8, 4) is 0 Å². The third-order valence-corrected chi connectivity index (χ3v) is 2.56. The topological polar surface area (TPSA) is 69.9 Å². The summed E-state index contributed by atoms with van der Waals surface area (Å²) in [7, 11) is 0. The summed E-state index contributed by atoms with van der Waals surface area (Å²) < 4.78 is 5.20. The second kappa shape index (κ2) is 11.3. The molecule has 0 aliphatic rings. The largest absolute Gasteiger partial charge is 0.394 e. The Morgan fingerprint density at radius 1 is 0.938 bits per heavy atom. The molecule has 0 aromatic rings. The van der Waals surface area contributed by atoms with Gasteiger partial charge in [0, 0.05) is 6.61 Å². The molecule has 4 nitrogen and oxygen atoms in total. The van der Waals surface area contributed by atoms with Crippen molar-refractivity contribution in [3.63, 3.8) is 0 Å². The van der Waals surface area contributed by atoms with Crippen molar-refractivity contribution in [3.05, 3.63) is 0 Å². The maximum atomic E-state index is 9.26. The molecule has 0 fully saturated rings. The smallest absolute Gasteiger partial charge is 0.105 e. The monoisotopic (exact) mass is 234 g/mol. The molecule has 0 heterocycles. The van der Waals surface area contributed by atoms with E-state index in [4.69, 9.17) is 14.9 Å². The van der Waals surface area contributed by atoms with Gasteiger partial charge in [0.1, 0.15) is 12.2 Å². The van der Waals surface area contributed by atoms with E-state index in [-0.39, 0.29) is 6.61 Å². The lowest BCUT2D eigenvalue weighted by Crippen LogP contribution is -2.33. The Balaban J connectivity index is 3.14. The van der Waals surface area contributed by atoms with Crippen LogP contribution in [-0.2, 0) is 4.74 Å². The Labute approximate surface area is 98.2 Å². The first kappa shape index (κ1) is 15.8. The van der Waals surface area contributed by atoms with E-state index >= 15 is 0 Å². The van der Waals surface area contributed by atoms with E-state index < -0.39 is 18.8 Å². The molecular formula is C12H26O4. The number of aliphatic hydroxyl groups is 3. The SMILES string of the molecule is CCCCCCCCOC[C@@H](O)[C@@H](O)CO. The van der Waals surface area contributed by atoms with Gasteiger partial charge in [-0.3, -0.25) is 0 Å². The van der Waals surface area contributed by atoms with Crippen LogP contribution in [0.5, 0.6) is 0 Å². The van der Waals surface area contributed by atoms with Gasteiger partial charge in [0.15, 0.2) is 0 Å². The van der Waals surface area contributed by atoms with E-state index in [1.807, 2.05) is 0 Å². The predicted octanol–water partition coefficient (Wildman–Crippen LogP) is 1.08. The summed E-state index contributed by atoms with van der Waals surface area (Å²) in [5, 5.41) is 26.9. The molecule has 4 heteroatoms. The van der Waals surface area contributed by atoms with Crippen LogP contribution in [0.1, 0.15) is 45.4 Å². The molecule has 0 aliphatic heterocycles. The summed E-state index contributed by atoms with van der Waals surface area (Å²) in [6, 6.07) is 0. The first-order valence-electron chi connectivity index (χ1n) is 6.27. The van der Waals surface area contributed by atoms with Gasteiger partial charge in [0.2, 0.25) is 0 Å². The zero-order valence-electron chi connectivity index (χ0n) is 10.3. The molecule has 0 aromatic heterocycles. The molecule has 0 radical (unpaired) electrons. The Morgan fingerprint density at radius 2 is 1.56 bits per heavy atom. The molecule has 0 saturated carbocycles. The highest BCUT2D eigenvalue weighted by molar-refractivity contribution is 4.64. The maximum Gasteiger partial charge on any atom is 0.105 e. The van der Waals surface area contributed by atoms with E-state index in [9.17, 15) is 5.11 Å². The standard InChI is InChI=1S/C12H26O4/c1-2-3-4-5-6-7-8-16-10-12(15)11(14)9-13/h11-15H,2-10H2,1H3/t11-,12+/m0/s1. The van der Waals surface area contributed by atoms with Crippen molar-refractivity contribution < 1.29 is 20.1 Å². The highest BCUT2D eigenvalue weighted by Gasteiger charge is 2.14. The van der Waals surface area contributed by atoms with Crippen LogP contribution in [0, 0.1) is 0 Å². The van der Waals surface area contributed by atoms with E-state index in [0.29, 0.717) is 6.61 Å². The molecule has 16 heavy (non-hydrogen) atoms. The summed E-state index contributed by atoms with van der Waals surface area (Å²) in [6.07, 6.45) is 5.13. The van der Waals surface area contributed by atoms with Crippen molar-refractivity contribution in [2.75, 3.05) is 19.8 Å². The van der Waals surface area contributed by atoms with Crippen molar-refractivity contribution in [2.45, 2.75) is 57.7 Å². The fourth-order valence-electron chi connectivity index (χ4n) is 1.42. The normalized spacial score (nSPS) is 15.0. The van der Waals surface area contributed by atoms with Gasteiger partial charge in [-0.2, -0.15) is 0 Å². The van der Waals surface area contributed by atoms with E-state index in [1.165, 1.54) is 25.7 Å². The molecule has 0 spiro atoms. The number of rotatable bonds is 11. The summed E-state index contributed by atoms with van der Waals surface area (Å²) in [5.41, 5.74) is 0. The molecular weight excluding hydrogens is 208 g/mol. The first-order valence-corrected chi connectivity index (χ1v) is 6.27. The molecule has 2 atom stereocenters. The predicted molar refractivity (Wildman–Crippen MR) is 63.3 cm³/mol. The van der Waals surface area contributed by atoms with Crippen LogP contribution in [-0.4, -0.2) is 47.3 Å². The average Bonchev–Trinajstić information content (AvgIpc) is 2.31. The van der Waals surface area contributed by atoms with Gasteiger partial charge in [0.25, 0.3) is 0 Å². The minimum Gasteiger partial charge on any atom is -0.394 e. The summed E-state index contributed by atoms with van der Waals surface area (Å²) >= 11 is 0. The van der Waals surface area contributed by atoms with Crippen molar-refractivity contribution in [1.29, 1.82) is 0 Å². The molecule has 0 amide bonds. The van der Waals surface area contributed by atoms with Crippen LogP contribution in [0.3, 0.4) is 0 Å². The first-order chi connectivity index (χ1) is 7.72. The zero-order chi connectivity index (χ0) is 12.2. The van der Waals surface area contributed by atoms with Crippen molar-refractivity contribution in [2.24, 2.45) is 0 Å². The molecule has 0 rings (SSSR count). The number of unbranched alkanes of at least 4 members (excludes halogenated alkanes) is 5. The molecule has 98 valence electrons. The lowest BCUT2D eigenvalue weighted by atomic mass is 10.1. The molecule has 0 aliphatic carbocycles.